The summed E-state index contributed by atoms with van der Waals surface area (Å²) in [6.45, 7) is 0.180. The highest BCUT2D eigenvalue weighted by atomic mass is 35.5. The van der Waals surface area contributed by atoms with E-state index in [1.807, 2.05) is 0 Å². The minimum absolute atomic E-state index is 0.0374. The minimum Gasteiger partial charge on any atom is -0.316 e. The molecule has 0 bridgehead atoms. The third kappa shape index (κ3) is 2.39. The molecule has 2 aromatic rings. The molecule has 1 aliphatic heterocycles. The lowest BCUT2D eigenvalue weighted by Gasteiger charge is -2.17. The van der Waals surface area contributed by atoms with Gasteiger partial charge in [-0.15, -0.1) is 0 Å². The Kier molecular flexibility index (Phi) is 3.39. The van der Waals surface area contributed by atoms with Gasteiger partial charge >= 0.3 is 0 Å². The molecule has 3 nitrogen and oxygen atoms in total. The molecule has 1 unspecified atom stereocenters. The highest BCUT2D eigenvalue weighted by molar-refractivity contribution is 6.30. The largest absolute Gasteiger partial charge is 0.316 e. The van der Waals surface area contributed by atoms with Gasteiger partial charge in [0.15, 0.2) is 0 Å². The molecule has 0 aliphatic carbocycles. The average Bonchev–Trinajstić information content (AvgIpc) is 2.66. The fraction of sp³-hybridized carbons (Fsp3) is 0.133. The fourth-order valence-electron chi connectivity index (χ4n) is 2.45. The Morgan fingerprint density at radius 3 is 2.52 bits per heavy atom. The Balaban J connectivity index is 2.01. The van der Waals surface area contributed by atoms with Crippen LogP contribution in [0.25, 0.3) is 0 Å². The number of amides is 1. The summed E-state index contributed by atoms with van der Waals surface area (Å²) in [5.41, 5.74) is 6.74. The van der Waals surface area contributed by atoms with Gasteiger partial charge in [0.25, 0.3) is 0 Å². The highest BCUT2D eigenvalue weighted by Gasteiger charge is 2.37. The van der Waals surface area contributed by atoms with Crippen molar-refractivity contribution in [2.24, 2.45) is 5.73 Å². The Hall–Kier alpha value is -1.98. The molecule has 0 fully saturated rings. The Morgan fingerprint density at radius 2 is 1.86 bits per heavy atom. The normalized spacial score (nSPS) is 17.2. The van der Waals surface area contributed by atoms with Crippen molar-refractivity contribution >= 4 is 23.2 Å². The molecule has 2 aromatic carbocycles. The number of halogens is 3. The maximum Gasteiger partial charge on any atom is 0.249 e. The van der Waals surface area contributed by atoms with Crippen LogP contribution in [0.5, 0.6) is 0 Å². The van der Waals surface area contributed by atoms with Crippen molar-refractivity contribution in [3.63, 3.8) is 0 Å². The Bertz CT molecular complexity index is 718. The van der Waals surface area contributed by atoms with E-state index >= 15 is 0 Å². The first kappa shape index (κ1) is 14.0. The van der Waals surface area contributed by atoms with Crippen LogP contribution in [-0.2, 0) is 11.3 Å². The summed E-state index contributed by atoms with van der Waals surface area (Å²) in [7, 11) is 0. The lowest BCUT2D eigenvalue weighted by atomic mass is 10.1. The van der Waals surface area contributed by atoms with E-state index in [0.717, 1.165) is 17.7 Å². The van der Waals surface area contributed by atoms with Gasteiger partial charge in [-0.05, 0) is 23.8 Å². The van der Waals surface area contributed by atoms with Crippen LogP contribution in [0.2, 0.25) is 5.02 Å². The number of benzene rings is 2. The van der Waals surface area contributed by atoms with Gasteiger partial charge in [0.05, 0.1) is 12.2 Å². The summed E-state index contributed by atoms with van der Waals surface area (Å²) < 4.78 is 27.2. The molecule has 3 rings (SSSR count). The number of hydrogen-bond donors (Lipinski definition) is 1. The van der Waals surface area contributed by atoms with Crippen LogP contribution in [0.15, 0.2) is 36.4 Å². The van der Waals surface area contributed by atoms with Crippen LogP contribution in [-0.4, -0.2) is 5.91 Å². The predicted octanol–water partition coefficient (Wildman–Crippen LogP) is 3.16. The average molecular weight is 309 g/mol. The molecule has 108 valence electrons. The smallest absolute Gasteiger partial charge is 0.249 e. The molecule has 0 saturated carbocycles. The topological polar surface area (TPSA) is 46.3 Å². The number of fused-ring (bicyclic) bond motifs is 1. The maximum absolute atomic E-state index is 13.8. The molecule has 0 spiro atoms. The second-order valence-electron chi connectivity index (χ2n) is 4.85. The van der Waals surface area contributed by atoms with E-state index in [1.54, 1.807) is 24.3 Å². The van der Waals surface area contributed by atoms with Gasteiger partial charge in [-0.1, -0.05) is 23.7 Å². The van der Waals surface area contributed by atoms with Crippen molar-refractivity contribution < 1.29 is 13.6 Å². The van der Waals surface area contributed by atoms with Crippen molar-refractivity contribution in [2.75, 3.05) is 4.90 Å². The molecule has 1 atom stereocenters. The van der Waals surface area contributed by atoms with E-state index in [2.05, 4.69) is 0 Å². The third-order valence-corrected chi connectivity index (χ3v) is 3.71. The van der Waals surface area contributed by atoms with Gasteiger partial charge < -0.3 is 10.6 Å². The molecular weight excluding hydrogens is 298 g/mol. The number of anilines is 1. The summed E-state index contributed by atoms with van der Waals surface area (Å²) in [6.07, 6.45) is 0. The van der Waals surface area contributed by atoms with Crippen molar-refractivity contribution in [3.8, 4) is 0 Å². The van der Waals surface area contributed by atoms with Crippen LogP contribution in [0.3, 0.4) is 0 Å². The molecule has 0 aromatic heterocycles. The third-order valence-electron chi connectivity index (χ3n) is 3.46. The number of nitrogens with two attached hydrogens (primary N) is 1. The van der Waals surface area contributed by atoms with E-state index in [9.17, 15) is 13.6 Å². The first-order valence-corrected chi connectivity index (χ1v) is 6.65. The summed E-state index contributed by atoms with van der Waals surface area (Å²) in [5.74, 6) is -2.00. The van der Waals surface area contributed by atoms with Crippen molar-refractivity contribution in [3.05, 3.63) is 64.2 Å². The first-order chi connectivity index (χ1) is 9.97. The highest BCUT2D eigenvalue weighted by Crippen LogP contribution is 2.38. The number of nitrogens with zero attached hydrogens (tertiary/aromatic N) is 1. The monoisotopic (exact) mass is 308 g/mol. The van der Waals surface area contributed by atoms with E-state index in [-0.39, 0.29) is 17.8 Å². The summed E-state index contributed by atoms with van der Waals surface area (Å²) in [5, 5.41) is 0.570. The standard InChI is InChI=1S/C15H11ClF2N2O/c16-9-3-1-8(2-4-9)7-20-12-6-10(17)5-11(18)13(12)14(19)15(20)21/h1-6,14H,7,19H2. The fourth-order valence-corrected chi connectivity index (χ4v) is 2.57. The molecule has 6 heteroatoms. The van der Waals surface area contributed by atoms with E-state index in [4.69, 9.17) is 17.3 Å². The van der Waals surface area contributed by atoms with Gasteiger partial charge in [-0.3, -0.25) is 4.79 Å². The van der Waals surface area contributed by atoms with Crippen LogP contribution in [0.4, 0.5) is 14.5 Å². The van der Waals surface area contributed by atoms with Crippen LogP contribution in [0.1, 0.15) is 17.2 Å². The molecule has 1 heterocycles. The number of carbonyl (C=O) groups excluding carboxylic acids is 1. The van der Waals surface area contributed by atoms with Crippen molar-refractivity contribution in [2.45, 2.75) is 12.6 Å². The molecule has 0 radical (unpaired) electrons. The van der Waals surface area contributed by atoms with Crippen LogP contribution < -0.4 is 10.6 Å². The second kappa shape index (κ2) is 5.09. The van der Waals surface area contributed by atoms with Crippen LogP contribution >= 0.6 is 11.6 Å². The van der Waals surface area contributed by atoms with Gasteiger partial charge in [-0.2, -0.15) is 0 Å². The Labute approximate surface area is 124 Å². The zero-order valence-corrected chi connectivity index (χ0v) is 11.6. The van der Waals surface area contributed by atoms with Crippen molar-refractivity contribution in [1.29, 1.82) is 0 Å². The quantitative estimate of drug-likeness (QED) is 0.926. The van der Waals surface area contributed by atoms with Crippen LogP contribution in [0, 0.1) is 11.6 Å². The summed E-state index contributed by atoms with van der Waals surface area (Å²) >= 11 is 5.80. The van der Waals surface area contributed by atoms with Gasteiger partial charge in [0.1, 0.15) is 17.7 Å². The lowest BCUT2D eigenvalue weighted by molar-refractivity contribution is -0.119. The first-order valence-electron chi connectivity index (χ1n) is 6.27. The zero-order chi connectivity index (χ0) is 15.1. The summed E-state index contributed by atoms with van der Waals surface area (Å²) in [6, 6.07) is 7.61. The maximum atomic E-state index is 13.8. The molecule has 1 amide bonds. The summed E-state index contributed by atoms with van der Waals surface area (Å²) in [4.78, 5) is 13.5. The van der Waals surface area contributed by atoms with Crippen molar-refractivity contribution in [1.82, 2.24) is 0 Å². The number of carbonyl (C=O) groups is 1. The second-order valence-corrected chi connectivity index (χ2v) is 5.29. The molecule has 1 aliphatic rings. The molecule has 2 N–H and O–H groups in total. The zero-order valence-electron chi connectivity index (χ0n) is 10.8. The van der Waals surface area contributed by atoms with Gasteiger partial charge in [-0.25, -0.2) is 8.78 Å². The van der Waals surface area contributed by atoms with Gasteiger partial charge in [0.2, 0.25) is 5.91 Å². The van der Waals surface area contributed by atoms with E-state index in [0.29, 0.717) is 5.02 Å². The molecule has 21 heavy (non-hydrogen) atoms. The Morgan fingerprint density at radius 1 is 1.19 bits per heavy atom. The lowest BCUT2D eigenvalue weighted by Crippen LogP contribution is -2.31. The van der Waals surface area contributed by atoms with E-state index in [1.165, 1.54) is 4.90 Å². The van der Waals surface area contributed by atoms with Gasteiger partial charge in [0, 0.05) is 16.7 Å². The number of rotatable bonds is 2. The number of hydrogen-bond acceptors (Lipinski definition) is 2. The SMILES string of the molecule is NC1C(=O)N(Cc2ccc(Cl)cc2)c2cc(F)cc(F)c21. The molecule has 0 saturated heterocycles. The van der Waals surface area contributed by atoms with E-state index < -0.39 is 23.6 Å². The minimum atomic E-state index is -1.10. The molecular formula is C15H11ClF2N2O. The predicted molar refractivity (Wildman–Crippen MR) is 75.9 cm³/mol.